The highest BCUT2D eigenvalue weighted by atomic mass is 16.5. The van der Waals surface area contributed by atoms with E-state index in [0.717, 1.165) is 0 Å². The number of hydrogen-bond acceptors (Lipinski definition) is 4. The van der Waals surface area contributed by atoms with Crippen LogP contribution >= 0.6 is 0 Å². The number of ether oxygens (including phenoxy) is 1. The summed E-state index contributed by atoms with van der Waals surface area (Å²) in [7, 11) is 1.46. The molecule has 18 heavy (non-hydrogen) atoms. The number of methoxy groups -OCH3 is 1. The first kappa shape index (κ1) is 14.9. The minimum absolute atomic E-state index is 0.0872. The van der Waals surface area contributed by atoms with Gasteiger partial charge in [0.1, 0.15) is 0 Å². The molecule has 0 aromatic heterocycles. The van der Waals surface area contributed by atoms with Crippen LogP contribution in [0.3, 0.4) is 0 Å². The number of carbonyl (C=O) groups excluding carboxylic acids is 1. The second-order valence-corrected chi connectivity index (χ2v) is 4.98. The molecule has 1 amide bonds. The van der Waals surface area contributed by atoms with Gasteiger partial charge in [-0.25, -0.2) is 0 Å². The molecule has 0 aromatic carbocycles. The topological polar surface area (TPSA) is 95.9 Å². The summed E-state index contributed by atoms with van der Waals surface area (Å²) in [5.74, 6) is -2.07. The number of carboxylic acids is 1. The van der Waals surface area contributed by atoms with Crippen molar-refractivity contribution >= 4 is 11.9 Å². The van der Waals surface area contributed by atoms with Crippen LogP contribution in [0.4, 0.5) is 0 Å². The third-order valence-corrected chi connectivity index (χ3v) is 3.32. The molecule has 0 bridgehead atoms. The molecule has 6 nitrogen and oxygen atoms in total. The van der Waals surface area contributed by atoms with Crippen molar-refractivity contribution in [1.82, 2.24) is 5.32 Å². The molecule has 1 aliphatic carbocycles. The Balaban J connectivity index is 2.47. The average Bonchev–Trinajstić information content (AvgIpc) is 2.69. The summed E-state index contributed by atoms with van der Waals surface area (Å²) >= 11 is 0. The number of hydrogen-bond donors (Lipinski definition) is 3. The van der Waals surface area contributed by atoms with E-state index < -0.39 is 23.9 Å². The van der Waals surface area contributed by atoms with Crippen molar-refractivity contribution in [1.29, 1.82) is 0 Å². The molecule has 104 valence electrons. The van der Waals surface area contributed by atoms with Gasteiger partial charge in [0, 0.05) is 13.7 Å². The second-order valence-electron chi connectivity index (χ2n) is 4.98. The van der Waals surface area contributed by atoms with Gasteiger partial charge in [0.2, 0.25) is 5.91 Å². The Hall–Kier alpha value is -1.14. The number of aliphatic hydroxyl groups excluding tert-OH is 1. The molecule has 1 saturated carbocycles. The Kier molecular flexibility index (Phi) is 5.55. The quantitative estimate of drug-likeness (QED) is 0.617. The molecule has 0 saturated heterocycles. The molecule has 1 fully saturated rings. The lowest BCUT2D eigenvalue weighted by Crippen LogP contribution is -2.40. The Labute approximate surface area is 106 Å². The van der Waals surface area contributed by atoms with E-state index in [-0.39, 0.29) is 25.0 Å². The number of aliphatic hydroxyl groups is 1. The third-order valence-electron chi connectivity index (χ3n) is 3.32. The van der Waals surface area contributed by atoms with Gasteiger partial charge in [0.15, 0.2) is 0 Å². The summed E-state index contributed by atoms with van der Waals surface area (Å²) in [6, 6.07) is 0. The van der Waals surface area contributed by atoms with Crippen LogP contribution in [0, 0.1) is 17.8 Å². The van der Waals surface area contributed by atoms with E-state index >= 15 is 0 Å². The molecule has 0 heterocycles. The maximum Gasteiger partial charge on any atom is 0.307 e. The molecule has 3 N–H and O–H groups in total. The summed E-state index contributed by atoms with van der Waals surface area (Å²) in [6.07, 6.45) is 0.359. The predicted molar refractivity (Wildman–Crippen MR) is 63.9 cm³/mol. The molecular weight excluding hydrogens is 238 g/mol. The summed E-state index contributed by atoms with van der Waals surface area (Å²) < 4.78 is 4.74. The van der Waals surface area contributed by atoms with Gasteiger partial charge in [-0.3, -0.25) is 9.59 Å². The average molecular weight is 259 g/mol. The SMILES string of the molecule is COCC(O)CNC(=O)C1CC(C)CC1C(=O)O. The van der Waals surface area contributed by atoms with E-state index in [1.165, 1.54) is 7.11 Å². The van der Waals surface area contributed by atoms with Crippen molar-refractivity contribution in [2.24, 2.45) is 17.8 Å². The fourth-order valence-corrected chi connectivity index (χ4v) is 2.46. The summed E-state index contributed by atoms with van der Waals surface area (Å²) in [5.41, 5.74) is 0. The van der Waals surface area contributed by atoms with Crippen molar-refractivity contribution in [3.8, 4) is 0 Å². The van der Waals surface area contributed by atoms with Crippen molar-refractivity contribution in [3.05, 3.63) is 0 Å². The molecule has 0 aromatic rings. The van der Waals surface area contributed by atoms with E-state index in [9.17, 15) is 14.7 Å². The normalized spacial score (nSPS) is 28.9. The van der Waals surface area contributed by atoms with Crippen molar-refractivity contribution in [2.45, 2.75) is 25.9 Å². The fourth-order valence-electron chi connectivity index (χ4n) is 2.46. The second kappa shape index (κ2) is 6.70. The van der Waals surface area contributed by atoms with Gasteiger partial charge in [-0.1, -0.05) is 6.92 Å². The Morgan fingerprint density at radius 2 is 2.00 bits per heavy atom. The zero-order valence-corrected chi connectivity index (χ0v) is 10.8. The lowest BCUT2D eigenvalue weighted by molar-refractivity contribution is -0.146. The van der Waals surface area contributed by atoms with E-state index in [1.54, 1.807) is 0 Å². The lowest BCUT2D eigenvalue weighted by Gasteiger charge is -2.17. The largest absolute Gasteiger partial charge is 0.481 e. The zero-order chi connectivity index (χ0) is 13.7. The summed E-state index contributed by atoms with van der Waals surface area (Å²) in [5, 5.41) is 21.1. The number of rotatable bonds is 6. The first-order chi connectivity index (χ1) is 8.45. The molecule has 1 rings (SSSR count). The van der Waals surface area contributed by atoms with Crippen molar-refractivity contribution in [3.63, 3.8) is 0 Å². The molecular formula is C12H21NO5. The van der Waals surface area contributed by atoms with Gasteiger partial charge in [0.25, 0.3) is 0 Å². The Bertz CT molecular complexity index is 307. The van der Waals surface area contributed by atoms with Crippen LogP contribution in [-0.4, -0.2) is 48.5 Å². The Morgan fingerprint density at radius 3 is 2.56 bits per heavy atom. The minimum Gasteiger partial charge on any atom is -0.481 e. The highest BCUT2D eigenvalue weighted by Gasteiger charge is 2.41. The van der Waals surface area contributed by atoms with Crippen molar-refractivity contribution < 1.29 is 24.5 Å². The highest BCUT2D eigenvalue weighted by Crippen LogP contribution is 2.36. The molecule has 0 aliphatic heterocycles. The van der Waals surface area contributed by atoms with Crippen LogP contribution in [0.2, 0.25) is 0 Å². The van der Waals surface area contributed by atoms with E-state index in [4.69, 9.17) is 9.84 Å². The maximum atomic E-state index is 11.9. The minimum atomic E-state index is -0.920. The molecule has 6 heteroatoms. The van der Waals surface area contributed by atoms with Gasteiger partial charge >= 0.3 is 5.97 Å². The first-order valence-electron chi connectivity index (χ1n) is 6.13. The Morgan fingerprint density at radius 1 is 1.39 bits per heavy atom. The molecule has 4 unspecified atom stereocenters. The van der Waals surface area contributed by atoms with Crippen molar-refractivity contribution in [2.75, 3.05) is 20.3 Å². The highest BCUT2D eigenvalue weighted by molar-refractivity contribution is 5.85. The van der Waals surface area contributed by atoms with Gasteiger partial charge in [-0.15, -0.1) is 0 Å². The lowest BCUT2D eigenvalue weighted by atomic mass is 9.95. The number of carbonyl (C=O) groups is 2. The zero-order valence-electron chi connectivity index (χ0n) is 10.8. The number of aliphatic carboxylic acids is 1. The smallest absolute Gasteiger partial charge is 0.307 e. The maximum absolute atomic E-state index is 11.9. The monoisotopic (exact) mass is 259 g/mol. The first-order valence-corrected chi connectivity index (χ1v) is 6.13. The van der Waals surface area contributed by atoms with Gasteiger partial charge < -0.3 is 20.3 Å². The molecule has 1 aliphatic rings. The number of carboxylic acid groups (broad SMARTS) is 1. The number of nitrogens with one attached hydrogen (secondary N) is 1. The van der Waals surface area contributed by atoms with Crippen LogP contribution in [-0.2, 0) is 14.3 Å². The van der Waals surface area contributed by atoms with Crippen LogP contribution < -0.4 is 5.32 Å². The molecule has 0 radical (unpaired) electrons. The van der Waals surface area contributed by atoms with Gasteiger partial charge in [-0.2, -0.15) is 0 Å². The van der Waals surface area contributed by atoms with E-state index in [1.807, 2.05) is 6.92 Å². The summed E-state index contributed by atoms with van der Waals surface area (Å²) in [4.78, 5) is 22.9. The fraction of sp³-hybridized carbons (Fsp3) is 0.833. The van der Waals surface area contributed by atoms with Crippen LogP contribution in [0.5, 0.6) is 0 Å². The third kappa shape index (κ3) is 3.96. The standard InChI is InChI=1S/C12H21NO5/c1-7-3-9(10(4-7)12(16)17)11(15)13-5-8(14)6-18-2/h7-10,14H,3-6H2,1-2H3,(H,13,15)(H,16,17). The van der Waals surface area contributed by atoms with Crippen LogP contribution in [0.15, 0.2) is 0 Å². The van der Waals surface area contributed by atoms with Gasteiger partial charge in [-0.05, 0) is 18.8 Å². The van der Waals surface area contributed by atoms with E-state index in [2.05, 4.69) is 5.32 Å². The van der Waals surface area contributed by atoms with Crippen LogP contribution in [0.1, 0.15) is 19.8 Å². The van der Waals surface area contributed by atoms with Gasteiger partial charge in [0.05, 0.1) is 24.5 Å². The predicted octanol–water partition coefficient (Wildman–Crippen LogP) is -0.143. The molecule has 4 atom stereocenters. The van der Waals surface area contributed by atoms with Crippen LogP contribution in [0.25, 0.3) is 0 Å². The molecule has 0 spiro atoms. The van der Waals surface area contributed by atoms with E-state index in [0.29, 0.717) is 12.8 Å². The summed E-state index contributed by atoms with van der Waals surface area (Å²) in [6.45, 7) is 2.18. The number of amides is 1.